The Kier molecular flexibility index (Phi) is 3.98. The van der Waals surface area contributed by atoms with E-state index in [1.807, 2.05) is 0 Å². The molecular weight excluding hydrogens is 292 g/mol. The third-order valence-corrected chi connectivity index (χ3v) is 9.23. The van der Waals surface area contributed by atoms with E-state index >= 15 is 0 Å². The number of fused-ring (bicyclic) bond motifs is 1. The van der Waals surface area contributed by atoms with E-state index in [0.717, 1.165) is 42.4 Å². The van der Waals surface area contributed by atoms with Crippen molar-refractivity contribution in [1.82, 2.24) is 0 Å². The van der Waals surface area contributed by atoms with Gasteiger partial charge in [-0.15, -0.1) is 0 Å². The number of Topliss-reactive ketones (excluding diaryl/α,β-unsaturated/α-hetero) is 1. The highest BCUT2D eigenvalue weighted by atomic mass is 16.1. The number of ketones is 1. The zero-order valence-electron chi connectivity index (χ0n) is 16.6. The molecule has 24 heavy (non-hydrogen) atoms. The molecule has 0 aromatic rings. The van der Waals surface area contributed by atoms with Crippen molar-refractivity contribution < 1.29 is 4.79 Å². The molecule has 5 saturated carbocycles. The van der Waals surface area contributed by atoms with Crippen LogP contribution < -0.4 is 0 Å². The second kappa shape index (κ2) is 5.58. The van der Waals surface area contributed by atoms with Gasteiger partial charge in [0.2, 0.25) is 0 Å². The fourth-order valence-electron chi connectivity index (χ4n) is 7.62. The average molecular weight is 331 g/mol. The molecule has 0 aliphatic heterocycles. The summed E-state index contributed by atoms with van der Waals surface area (Å²) in [6.07, 6.45) is 10.8. The minimum atomic E-state index is -0.00924. The summed E-state index contributed by atoms with van der Waals surface area (Å²) in [5.41, 5.74) is 0.223. The lowest BCUT2D eigenvalue weighted by Crippen LogP contribution is -2.39. The Morgan fingerprint density at radius 1 is 0.958 bits per heavy atom. The molecule has 1 heteroatoms. The lowest BCUT2D eigenvalue weighted by Gasteiger charge is -2.45. The maximum Gasteiger partial charge on any atom is 0.140 e. The van der Waals surface area contributed by atoms with Crippen molar-refractivity contribution in [3.63, 3.8) is 0 Å². The van der Waals surface area contributed by atoms with Gasteiger partial charge in [0.05, 0.1) is 0 Å². The Bertz CT molecular complexity index is 510. The van der Waals surface area contributed by atoms with Crippen molar-refractivity contribution in [3.8, 4) is 0 Å². The van der Waals surface area contributed by atoms with E-state index in [1.165, 1.54) is 38.5 Å². The molecule has 1 nitrogen and oxygen atoms in total. The topological polar surface area (TPSA) is 17.1 Å². The van der Waals surface area contributed by atoms with E-state index < -0.39 is 0 Å². The highest BCUT2D eigenvalue weighted by Gasteiger charge is 2.68. The number of carbonyl (C=O) groups is 1. The summed E-state index contributed by atoms with van der Waals surface area (Å²) in [4.78, 5) is 13.6. The average Bonchev–Trinajstić information content (AvgIpc) is 3.16. The first-order chi connectivity index (χ1) is 11.2. The van der Waals surface area contributed by atoms with E-state index in [2.05, 4.69) is 34.6 Å². The molecule has 0 aromatic carbocycles. The second-order valence-electron chi connectivity index (χ2n) is 11.1. The van der Waals surface area contributed by atoms with Crippen molar-refractivity contribution >= 4 is 5.78 Å². The normalized spacial score (nSPS) is 46.8. The molecular formula is C23H38O. The van der Waals surface area contributed by atoms with E-state index in [0.29, 0.717) is 17.6 Å². The smallest absolute Gasteiger partial charge is 0.140 e. The zero-order valence-corrected chi connectivity index (χ0v) is 16.6. The molecule has 5 aliphatic rings. The summed E-state index contributed by atoms with van der Waals surface area (Å²) in [5, 5.41) is 0. The quantitative estimate of drug-likeness (QED) is 0.594. The fraction of sp³-hybridized carbons (Fsp3) is 0.957. The van der Waals surface area contributed by atoms with Crippen molar-refractivity contribution in [2.45, 2.75) is 86.0 Å². The number of rotatable bonds is 5. The molecule has 0 aromatic heterocycles. The number of hydrogen-bond donors (Lipinski definition) is 0. The van der Waals surface area contributed by atoms with Gasteiger partial charge in [-0.05, 0) is 85.4 Å². The molecule has 0 amide bonds. The fourth-order valence-corrected chi connectivity index (χ4v) is 7.62. The van der Waals surface area contributed by atoms with E-state index in [9.17, 15) is 4.79 Å². The summed E-state index contributed by atoms with van der Waals surface area (Å²) < 4.78 is 0. The molecule has 7 atom stereocenters. The maximum atomic E-state index is 13.6. The van der Waals surface area contributed by atoms with Crippen LogP contribution in [-0.2, 0) is 4.79 Å². The highest BCUT2D eigenvalue weighted by Crippen LogP contribution is 2.70. The van der Waals surface area contributed by atoms with Gasteiger partial charge in [0.1, 0.15) is 5.78 Å². The molecule has 0 N–H and O–H groups in total. The standard InChI is InChI=1S/C23H38O/c1-14(2)15(3)23(13-22(23,4)5)21(24)12-20-18-7-6-16-8-17(10-18)11-19(20)9-16/h14-20H,6-13H2,1-5H3. The first-order valence-corrected chi connectivity index (χ1v) is 10.8. The molecule has 136 valence electrons. The van der Waals surface area contributed by atoms with Gasteiger partial charge in [0.25, 0.3) is 0 Å². The van der Waals surface area contributed by atoms with Crippen LogP contribution in [0.3, 0.4) is 0 Å². The predicted octanol–water partition coefficient (Wildman–Crippen LogP) is 6.12. The van der Waals surface area contributed by atoms with E-state index in [-0.39, 0.29) is 10.8 Å². The van der Waals surface area contributed by atoms with Crippen molar-refractivity contribution in [2.24, 2.45) is 52.3 Å². The maximum absolute atomic E-state index is 13.6. The van der Waals surface area contributed by atoms with E-state index in [1.54, 1.807) is 0 Å². The Balaban J connectivity index is 1.53. The summed E-state index contributed by atoms with van der Waals surface area (Å²) in [6.45, 7) is 11.6. The van der Waals surface area contributed by atoms with Gasteiger partial charge in [-0.1, -0.05) is 41.0 Å². The van der Waals surface area contributed by atoms with Crippen LogP contribution in [0.2, 0.25) is 0 Å². The highest BCUT2D eigenvalue weighted by molar-refractivity contribution is 5.89. The van der Waals surface area contributed by atoms with Gasteiger partial charge >= 0.3 is 0 Å². The van der Waals surface area contributed by atoms with Crippen LogP contribution in [0, 0.1) is 52.3 Å². The first kappa shape index (κ1) is 17.1. The monoisotopic (exact) mass is 330 g/mol. The van der Waals surface area contributed by atoms with Crippen LogP contribution in [0.25, 0.3) is 0 Å². The van der Waals surface area contributed by atoms with Gasteiger partial charge in [0, 0.05) is 11.8 Å². The summed E-state index contributed by atoms with van der Waals surface area (Å²) in [5.74, 6) is 6.27. The zero-order chi connectivity index (χ0) is 17.3. The van der Waals surface area contributed by atoms with Crippen molar-refractivity contribution in [1.29, 1.82) is 0 Å². The van der Waals surface area contributed by atoms with Crippen molar-refractivity contribution in [3.05, 3.63) is 0 Å². The van der Waals surface area contributed by atoms with Crippen molar-refractivity contribution in [2.75, 3.05) is 0 Å². The third kappa shape index (κ3) is 2.43. The largest absolute Gasteiger partial charge is 0.299 e. The summed E-state index contributed by atoms with van der Waals surface area (Å²) in [7, 11) is 0. The Hall–Kier alpha value is -0.330. The van der Waals surface area contributed by atoms with Gasteiger partial charge in [-0.2, -0.15) is 0 Å². The first-order valence-electron chi connectivity index (χ1n) is 10.8. The third-order valence-electron chi connectivity index (χ3n) is 9.23. The molecule has 0 spiro atoms. The van der Waals surface area contributed by atoms with Gasteiger partial charge in [-0.3, -0.25) is 4.79 Å². The second-order valence-corrected chi connectivity index (χ2v) is 11.1. The predicted molar refractivity (Wildman–Crippen MR) is 99.6 cm³/mol. The summed E-state index contributed by atoms with van der Waals surface area (Å²) in [6, 6.07) is 0. The minimum absolute atomic E-state index is 0.00924. The Labute approximate surface area is 149 Å². The molecule has 0 radical (unpaired) electrons. The van der Waals surface area contributed by atoms with Crippen LogP contribution >= 0.6 is 0 Å². The van der Waals surface area contributed by atoms with Crippen LogP contribution in [0.1, 0.15) is 86.0 Å². The number of hydrogen-bond acceptors (Lipinski definition) is 1. The molecule has 0 heterocycles. The molecule has 5 fully saturated rings. The lowest BCUT2D eigenvalue weighted by atomic mass is 9.60. The summed E-state index contributed by atoms with van der Waals surface area (Å²) >= 11 is 0. The lowest BCUT2D eigenvalue weighted by molar-refractivity contribution is -0.131. The van der Waals surface area contributed by atoms with Gasteiger partial charge in [-0.25, -0.2) is 0 Å². The molecule has 4 bridgehead atoms. The molecule has 0 saturated heterocycles. The molecule has 5 rings (SSSR count). The van der Waals surface area contributed by atoms with Crippen LogP contribution in [0.15, 0.2) is 0 Å². The van der Waals surface area contributed by atoms with Gasteiger partial charge < -0.3 is 0 Å². The molecule has 5 aliphatic carbocycles. The Morgan fingerprint density at radius 2 is 1.58 bits per heavy atom. The number of carbonyl (C=O) groups excluding carboxylic acids is 1. The SMILES string of the molecule is CC(C)C(C)C1(C(=O)CC2C3CCC4CC(C3)CC2C4)CC1(C)C. The van der Waals surface area contributed by atoms with Crippen LogP contribution in [0.5, 0.6) is 0 Å². The van der Waals surface area contributed by atoms with Crippen LogP contribution in [-0.4, -0.2) is 5.78 Å². The van der Waals surface area contributed by atoms with E-state index in [4.69, 9.17) is 0 Å². The van der Waals surface area contributed by atoms with Crippen LogP contribution in [0.4, 0.5) is 0 Å². The van der Waals surface area contributed by atoms with Gasteiger partial charge in [0.15, 0.2) is 0 Å². The Morgan fingerprint density at radius 3 is 2.21 bits per heavy atom. The minimum Gasteiger partial charge on any atom is -0.299 e. The molecule has 7 unspecified atom stereocenters.